The Kier molecular flexibility index (Phi) is 6.85. The number of carbonyl (C=O) groups excluding carboxylic acids is 1. The van der Waals surface area contributed by atoms with Gasteiger partial charge in [-0.05, 0) is 18.6 Å². The molecule has 9 nitrogen and oxygen atoms in total. The van der Waals surface area contributed by atoms with Crippen LogP contribution in [0.1, 0.15) is 13.3 Å². The van der Waals surface area contributed by atoms with Crippen LogP contribution in [0.3, 0.4) is 0 Å². The van der Waals surface area contributed by atoms with Crippen molar-refractivity contribution in [3.63, 3.8) is 0 Å². The molecule has 0 amide bonds. The molecule has 0 aliphatic carbocycles. The van der Waals surface area contributed by atoms with E-state index in [1.807, 2.05) is 13.0 Å². The van der Waals surface area contributed by atoms with Crippen molar-refractivity contribution in [3.05, 3.63) is 40.9 Å². The topological polar surface area (TPSA) is 108 Å². The van der Waals surface area contributed by atoms with Crippen molar-refractivity contribution in [1.82, 2.24) is 19.5 Å². The van der Waals surface area contributed by atoms with Gasteiger partial charge in [0.1, 0.15) is 11.8 Å². The molecule has 0 aromatic carbocycles. The molecule has 0 fully saturated rings. The van der Waals surface area contributed by atoms with Gasteiger partial charge in [0.25, 0.3) is 5.56 Å². The van der Waals surface area contributed by atoms with Gasteiger partial charge in [0.05, 0.1) is 37.7 Å². The van der Waals surface area contributed by atoms with Crippen molar-refractivity contribution in [2.24, 2.45) is 0 Å². The fourth-order valence-corrected chi connectivity index (χ4v) is 2.83. The van der Waals surface area contributed by atoms with Crippen LogP contribution in [0.4, 0.5) is 5.82 Å². The van der Waals surface area contributed by atoms with Gasteiger partial charge < -0.3 is 24.2 Å². The van der Waals surface area contributed by atoms with E-state index in [0.29, 0.717) is 48.7 Å². The summed E-state index contributed by atoms with van der Waals surface area (Å²) in [7, 11) is 1.55. The molecule has 29 heavy (non-hydrogen) atoms. The Bertz CT molecular complexity index is 1030. The molecule has 0 atom stereocenters. The molecule has 0 aliphatic heterocycles. The molecule has 0 aliphatic rings. The van der Waals surface area contributed by atoms with E-state index in [4.69, 9.17) is 9.47 Å². The van der Waals surface area contributed by atoms with Crippen LogP contribution in [0, 0.1) is 0 Å². The lowest BCUT2D eigenvalue weighted by molar-refractivity contribution is -0.106. The number of rotatable bonds is 10. The zero-order valence-corrected chi connectivity index (χ0v) is 16.4. The van der Waals surface area contributed by atoms with Crippen molar-refractivity contribution in [3.8, 4) is 17.1 Å². The van der Waals surface area contributed by atoms with Crippen molar-refractivity contribution >= 4 is 23.1 Å². The first-order valence-electron chi connectivity index (χ1n) is 9.34. The van der Waals surface area contributed by atoms with Crippen LogP contribution in [0.15, 0.2) is 35.4 Å². The molecule has 0 saturated heterocycles. The predicted molar refractivity (Wildman–Crippen MR) is 109 cm³/mol. The monoisotopic (exact) mass is 397 g/mol. The number of fused-ring (bicyclic) bond motifs is 1. The number of aromatic nitrogens is 4. The Morgan fingerprint density at radius 2 is 2.07 bits per heavy atom. The highest BCUT2D eigenvalue weighted by molar-refractivity contribution is 5.80. The third kappa shape index (κ3) is 4.75. The van der Waals surface area contributed by atoms with E-state index in [1.54, 1.807) is 36.2 Å². The first-order valence-corrected chi connectivity index (χ1v) is 9.34. The maximum absolute atomic E-state index is 12.9. The number of nitrogens with one attached hydrogen (secondary N) is 1. The fourth-order valence-electron chi connectivity index (χ4n) is 2.83. The summed E-state index contributed by atoms with van der Waals surface area (Å²) in [6.07, 6.45) is 4.84. The molecule has 0 saturated carbocycles. The molecule has 1 N–H and O–H groups in total. The van der Waals surface area contributed by atoms with Crippen LogP contribution in [0.2, 0.25) is 0 Å². The summed E-state index contributed by atoms with van der Waals surface area (Å²) in [6, 6.07) is 5.40. The Labute approximate surface area is 167 Å². The molecule has 152 valence electrons. The number of hydrogen-bond acceptors (Lipinski definition) is 8. The third-order valence-corrected chi connectivity index (χ3v) is 4.23. The van der Waals surface area contributed by atoms with Gasteiger partial charge in [0.15, 0.2) is 5.82 Å². The van der Waals surface area contributed by atoms with E-state index < -0.39 is 0 Å². The maximum atomic E-state index is 12.9. The van der Waals surface area contributed by atoms with Gasteiger partial charge in [0, 0.05) is 31.0 Å². The zero-order chi connectivity index (χ0) is 20.6. The van der Waals surface area contributed by atoms with E-state index >= 15 is 0 Å². The number of methoxy groups -OCH3 is 1. The number of aldehydes is 1. The van der Waals surface area contributed by atoms with E-state index in [9.17, 15) is 9.59 Å². The number of pyridine rings is 2. The molecule has 0 spiro atoms. The predicted octanol–water partition coefficient (Wildman–Crippen LogP) is 1.90. The number of ether oxygens (including phenoxy) is 2. The van der Waals surface area contributed by atoms with E-state index in [2.05, 4.69) is 20.3 Å². The SMILES string of the molecule is CCCOCCn1c(=O)c(NCC=O)nc2cnc(-c3ccc(OC)nc3)cc21. The number of anilines is 1. The highest BCUT2D eigenvalue weighted by Gasteiger charge is 2.13. The lowest BCUT2D eigenvalue weighted by Crippen LogP contribution is -2.27. The Morgan fingerprint density at radius 1 is 1.21 bits per heavy atom. The summed E-state index contributed by atoms with van der Waals surface area (Å²) in [4.78, 5) is 36.6. The second-order valence-electron chi connectivity index (χ2n) is 6.22. The maximum Gasteiger partial charge on any atom is 0.293 e. The van der Waals surface area contributed by atoms with Crippen molar-refractivity contribution < 1.29 is 14.3 Å². The van der Waals surface area contributed by atoms with Crippen LogP contribution >= 0.6 is 0 Å². The molecular formula is C20H23N5O4. The molecule has 0 radical (unpaired) electrons. The van der Waals surface area contributed by atoms with Gasteiger partial charge in [-0.2, -0.15) is 0 Å². The minimum atomic E-state index is -0.315. The Balaban J connectivity index is 2.05. The lowest BCUT2D eigenvalue weighted by atomic mass is 10.2. The smallest absolute Gasteiger partial charge is 0.293 e. The number of carbonyl (C=O) groups is 1. The Morgan fingerprint density at radius 3 is 2.76 bits per heavy atom. The molecule has 3 aromatic heterocycles. The van der Waals surface area contributed by atoms with Crippen LogP contribution in [0.25, 0.3) is 22.3 Å². The largest absolute Gasteiger partial charge is 0.481 e. The second kappa shape index (κ2) is 9.74. The highest BCUT2D eigenvalue weighted by atomic mass is 16.5. The van der Waals surface area contributed by atoms with Crippen molar-refractivity contribution in [2.75, 3.05) is 32.2 Å². The van der Waals surface area contributed by atoms with E-state index in [0.717, 1.165) is 12.0 Å². The molecular weight excluding hydrogens is 374 g/mol. The van der Waals surface area contributed by atoms with Crippen molar-refractivity contribution in [1.29, 1.82) is 0 Å². The highest BCUT2D eigenvalue weighted by Crippen LogP contribution is 2.22. The first kappa shape index (κ1) is 20.4. The standard InChI is InChI=1S/C20H23N5O4/c1-3-9-29-10-7-25-17-11-15(14-4-5-18(28-2)23-12-14)22-13-16(17)24-19(20(25)27)21-6-8-26/h4-5,8,11-13H,3,6-7,9-10H2,1-2H3,(H,21,24). The summed E-state index contributed by atoms with van der Waals surface area (Å²) in [6.45, 7) is 3.40. The minimum Gasteiger partial charge on any atom is -0.481 e. The molecule has 3 rings (SSSR count). The second-order valence-corrected chi connectivity index (χ2v) is 6.22. The van der Waals surface area contributed by atoms with Gasteiger partial charge in [-0.3, -0.25) is 9.78 Å². The quantitative estimate of drug-likeness (QED) is 0.408. The van der Waals surface area contributed by atoms with Crippen LogP contribution in [0.5, 0.6) is 5.88 Å². The number of hydrogen-bond donors (Lipinski definition) is 1. The molecule has 9 heteroatoms. The van der Waals surface area contributed by atoms with Crippen LogP contribution in [-0.4, -0.2) is 52.7 Å². The average Bonchev–Trinajstić information content (AvgIpc) is 2.76. The summed E-state index contributed by atoms with van der Waals surface area (Å²) in [5, 5.41) is 2.75. The third-order valence-electron chi connectivity index (χ3n) is 4.23. The van der Waals surface area contributed by atoms with E-state index in [-0.39, 0.29) is 17.9 Å². The average molecular weight is 397 g/mol. The lowest BCUT2D eigenvalue weighted by Gasteiger charge is -2.13. The minimum absolute atomic E-state index is 0.00309. The molecule has 3 aromatic rings. The fraction of sp³-hybridized carbons (Fsp3) is 0.350. The van der Waals surface area contributed by atoms with Gasteiger partial charge in [0.2, 0.25) is 5.88 Å². The van der Waals surface area contributed by atoms with Crippen LogP contribution < -0.4 is 15.6 Å². The van der Waals surface area contributed by atoms with Gasteiger partial charge >= 0.3 is 0 Å². The van der Waals surface area contributed by atoms with Gasteiger partial charge in [-0.15, -0.1) is 0 Å². The van der Waals surface area contributed by atoms with E-state index in [1.165, 1.54) is 0 Å². The van der Waals surface area contributed by atoms with Crippen molar-refractivity contribution in [2.45, 2.75) is 19.9 Å². The van der Waals surface area contributed by atoms with Crippen LogP contribution in [-0.2, 0) is 16.1 Å². The summed E-state index contributed by atoms with van der Waals surface area (Å²) in [5.74, 6) is 0.618. The molecule has 0 bridgehead atoms. The molecule has 0 unspecified atom stereocenters. The van der Waals surface area contributed by atoms with Gasteiger partial charge in [-0.1, -0.05) is 6.92 Å². The number of nitrogens with zero attached hydrogens (tertiary/aromatic N) is 4. The van der Waals surface area contributed by atoms with Gasteiger partial charge in [-0.25, -0.2) is 9.97 Å². The summed E-state index contributed by atoms with van der Waals surface area (Å²) in [5.41, 5.74) is 2.30. The summed E-state index contributed by atoms with van der Waals surface area (Å²) >= 11 is 0. The summed E-state index contributed by atoms with van der Waals surface area (Å²) < 4.78 is 12.2. The first-order chi connectivity index (χ1) is 14.2. The molecule has 3 heterocycles. The Hall–Kier alpha value is -3.33. The normalized spacial score (nSPS) is 10.8. The zero-order valence-electron chi connectivity index (χ0n) is 16.4.